The minimum atomic E-state index is -3.35. The lowest BCUT2D eigenvalue weighted by Crippen LogP contribution is -2.34. The lowest BCUT2D eigenvalue weighted by molar-refractivity contribution is 0.431. The minimum Gasteiger partial charge on any atom is -0.309 e. The van der Waals surface area contributed by atoms with E-state index in [2.05, 4.69) is 5.32 Å². The summed E-state index contributed by atoms with van der Waals surface area (Å²) < 4.78 is 26.7. The van der Waals surface area contributed by atoms with Crippen LogP contribution in [0.3, 0.4) is 0 Å². The second-order valence-corrected chi connectivity index (χ2v) is 7.14. The lowest BCUT2D eigenvalue weighted by Gasteiger charge is -2.25. The summed E-state index contributed by atoms with van der Waals surface area (Å²) in [6, 6.07) is 5.47. The fourth-order valence-corrected chi connectivity index (χ4v) is 3.98. The molecule has 0 spiro atoms. The second-order valence-electron chi connectivity index (χ2n) is 5.20. The first-order valence-corrected chi connectivity index (χ1v) is 8.00. The normalized spacial score (nSPS) is 20.2. The van der Waals surface area contributed by atoms with Crippen LogP contribution in [0.4, 0.5) is 0 Å². The maximum Gasteiger partial charge on any atom is 0.243 e. The van der Waals surface area contributed by atoms with Crippen LogP contribution in [0.15, 0.2) is 34.7 Å². The molecule has 2 heterocycles. The van der Waals surface area contributed by atoms with Crippen LogP contribution in [0.1, 0.15) is 24.5 Å². The quantitative estimate of drug-likeness (QED) is 0.837. The van der Waals surface area contributed by atoms with E-state index >= 15 is 0 Å². The van der Waals surface area contributed by atoms with E-state index in [1.54, 1.807) is 10.4 Å². The van der Waals surface area contributed by atoms with Crippen molar-refractivity contribution in [2.24, 2.45) is 0 Å². The molecule has 0 fully saturated rings. The Kier molecular flexibility index (Phi) is 3.20. The van der Waals surface area contributed by atoms with E-state index in [1.807, 2.05) is 25.1 Å². The molecule has 0 saturated heterocycles. The van der Waals surface area contributed by atoms with Gasteiger partial charge in [0.05, 0.1) is 4.90 Å². The van der Waals surface area contributed by atoms with Crippen molar-refractivity contribution < 1.29 is 8.42 Å². The molecular weight excluding hydrogens is 260 g/mol. The van der Waals surface area contributed by atoms with Gasteiger partial charge in [-0.25, -0.2) is 8.42 Å². The highest BCUT2D eigenvalue weighted by atomic mass is 32.2. The van der Waals surface area contributed by atoms with Crippen molar-refractivity contribution in [3.05, 3.63) is 41.0 Å². The molecule has 0 saturated carbocycles. The van der Waals surface area contributed by atoms with Gasteiger partial charge in [-0.3, -0.25) is 0 Å². The molecule has 0 aliphatic carbocycles. The first kappa shape index (κ1) is 12.8. The molecule has 2 aliphatic heterocycles. The van der Waals surface area contributed by atoms with E-state index in [0.717, 1.165) is 25.1 Å². The van der Waals surface area contributed by atoms with Crippen molar-refractivity contribution in [3.63, 3.8) is 0 Å². The topological polar surface area (TPSA) is 49.4 Å². The molecule has 1 aromatic rings. The summed E-state index contributed by atoms with van der Waals surface area (Å²) in [5.41, 5.74) is 3.57. The van der Waals surface area contributed by atoms with Crippen LogP contribution in [-0.2, 0) is 23.1 Å². The number of benzene rings is 1. The van der Waals surface area contributed by atoms with Crippen LogP contribution < -0.4 is 5.32 Å². The van der Waals surface area contributed by atoms with Gasteiger partial charge in [0.1, 0.15) is 0 Å². The largest absolute Gasteiger partial charge is 0.309 e. The predicted molar refractivity (Wildman–Crippen MR) is 74.1 cm³/mol. The molecule has 0 aromatic heterocycles. The number of fused-ring (bicyclic) bond motifs is 1. The van der Waals surface area contributed by atoms with Crippen molar-refractivity contribution >= 4 is 10.0 Å². The highest BCUT2D eigenvalue weighted by Gasteiger charge is 2.26. The van der Waals surface area contributed by atoms with Crippen molar-refractivity contribution in [3.8, 4) is 0 Å². The third-order valence-corrected chi connectivity index (χ3v) is 5.71. The summed E-state index contributed by atoms with van der Waals surface area (Å²) in [6.07, 6.45) is 2.82. The maximum absolute atomic E-state index is 12.6. The van der Waals surface area contributed by atoms with Crippen molar-refractivity contribution in [2.45, 2.75) is 31.3 Å². The summed E-state index contributed by atoms with van der Waals surface area (Å²) in [5, 5.41) is 3.23. The van der Waals surface area contributed by atoms with E-state index in [9.17, 15) is 8.42 Å². The summed E-state index contributed by atoms with van der Waals surface area (Å²) in [5.74, 6) is 0. The minimum absolute atomic E-state index is 0.419. The zero-order valence-electron chi connectivity index (χ0n) is 11.0. The average Bonchev–Trinajstić information content (AvgIpc) is 2.86. The summed E-state index contributed by atoms with van der Waals surface area (Å²) in [4.78, 5) is 0.419. The van der Waals surface area contributed by atoms with Crippen molar-refractivity contribution in [2.75, 3.05) is 13.1 Å². The lowest BCUT2D eigenvalue weighted by atomic mass is 10.1. The van der Waals surface area contributed by atoms with Gasteiger partial charge in [-0.2, -0.15) is 4.31 Å². The molecule has 3 rings (SSSR count). The number of nitrogens with one attached hydrogen (secondary N) is 1. The fraction of sp³-hybridized carbons (Fsp3) is 0.429. The standard InChI is InChI=1S/C14H18N2O2S/c1-11-4-6-16(7-5-11)19(17,18)14-3-2-12-9-15-10-13(12)8-14/h2-4,8,15H,5-7,9-10H2,1H3. The smallest absolute Gasteiger partial charge is 0.243 e. The average molecular weight is 278 g/mol. The van der Waals surface area contributed by atoms with E-state index in [4.69, 9.17) is 0 Å². The summed E-state index contributed by atoms with van der Waals surface area (Å²) >= 11 is 0. The first-order chi connectivity index (χ1) is 9.07. The van der Waals surface area contributed by atoms with Gasteiger partial charge in [0, 0.05) is 26.2 Å². The molecule has 19 heavy (non-hydrogen) atoms. The molecule has 4 nitrogen and oxygen atoms in total. The molecule has 102 valence electrons. The number of hydrogen-bond donors (Lipinski definition) is 1. The molecule has 0 bridgehead atoms. The van der Waals surface area contributed by atoms with Crippen LogP contribution >= 0.6 is 0 Å². The van der Waals surface area contributed by atoms with Gasteiger partial charge in [-0.1, -0.05) is 17.7 Å². The molecular formula is C14H18N2O2S. The summed E-state index contributed by atoms with van der Waals surface area (Å²) in [6.45, 7) is 4.72. The molecule has 0 atom stereocenters. The molecule has 1 N–H and O–H groups in total. The van der Waals surface area contributed by atoms with Crippen molar-refractivity contribution in [1.29, 1.82) is 0 Å². The van der Waals surface area contributed by atoms with E-state index in [1.165, 1.54) is 11.1 Å². The van der Waals surface area contributed by atoms with Gasteiger partial charge in [-0.05, 0) is 36.6 Å². The third-order valence-electron chi connectivity index (χ3n) is 3.85. The Morgan fingerprint density at radius 1 is 1.21 bits per heavy atom. The van der Waals surface area contributed by atoms with Gasteiger partial charge >= 0.3 is 0 Å². The molecule has 0 radical (unpaired) electrons. The third kappa shape index (κ3) is 2.33. The monoisotopic (exact) mass is 278 g/mol. The second kappa shape index (κ2) is 4.74. The van der Waals surface area contributed by atoms with E-state index in [0.29, 0.717) is 18.0 Å². The highest BCUT2D eigenvalue weighted by Crippen LogP contribution is 2.24. The SMILES string of the molecule is CC1=CCN(S(=O)(=O)c2ccc3c(c2)CNC3)CC1. The Morgan fingerprint density at radius 2 is 2.00 bits per heavy atom. The molecule has 0 unspecified atom stereocenters. The Bertz CT molecular complexity index is 635. The number of rotatable bonds is 2. The number of sulfonamides is 1. The predicted octanol–water partition coefficient (Wildman–Crippen LogP) is 1.63. The van der Waals surface area contributed by atoms with Gasteiger partial charge in [-0.15, -0.1) is 0 Å². The zero-order chi connectivity index (χ0) is 13.5. The Balaban J connectivity index is 1.92. The molecule has 0 amide bonds. The van der Waals surface area contributed by atoms with Gasteiger partial charge in [0.2, 0.25) is 10.0 Å². The van der Waals surface area contributed by atoms with Crippen LogP contribution in [0.25, 0.3) is 0 Å². The number of nitrogens with zero attached hydrogens (tertiary/aromatic N) is 1. The van der Waals surface area contributed by atoms with Crippen LogP contribution in [0.2, 0.25) is 0 Å². The van der Waals surface area contributed by atoms with Gasteiger partial charge < -0.3 is 5.32 Å². The Labute approximate surface area is 114 Å². The van der Waals surface area contributed by atoms with E-state index < -0.39 is 10.0 Å². The number of hydrogen-bond acceptors (Lipinski definition) is 3. The van der Waals surface area contributed by atoms with Gasteiger partial charge in [0.25, 0.3) is 0 Å². The highest BCUT2D eigenvalue weighted by molar-refractivity contribution is 7.89. The Morgan fingerprint density at radius 3 is 2.74 bits per heavy atom. The van der Waals surface area contributed by atoms with Crippen LogP contribution in [-0.4, -0.2) is 25.8 Å². The molecule has 1 aromatic carbocycles. The molecule has 5 heteroatoms. The fourth-order valence-electron chi connectivity index (χ4n) is 2.55. The maximum atomic E-state index is 12.6. The zero-order valence-corrected chi connectivity index (χ0v) is 11.8. The van der Waals surface area contributed by atoms with Crippen LogP contribution in [0, 0.1) is 0 Å². The van der Waals surface area contributed by atoms with Crippen molar-refractivity contribution in [1.82, 2.24) is 9.62 Å². The van der Waals surface area contributed by atoms with Crippen LogP contribution in [0.5, 0.6) is 0 Å². The molecule has 2 aliphatic rings. The van der Waals surface area contributed by atoms with E-state index in [-0.39, 0.29) is 0 Å². The van der Waals surface area contributed by atoms with Gasteiger partial charge in [0.15, 0.2) is 0 Å². The summed E-state index contributed by atoms with van der Waals surface area (Å²) in [7, 11) is -3.35. The Hall–Kier alpha value is -1.17. The first-order valence-electron chi connectivity index (χ1n) is 6.56.